The van der Waals surface area contributed by atoms with Crippen LogP contribution in [0.2, 0.25) is 0 Å². The van der Waals surface area contributed by atoms with Crippen LogP contribution in [0.1, 0.15) is 18.5 Å². The highest BCUT2D eigenvalue weighted by Crippen LogP contribution is 2.18. The van der Waals surface area contributed by atoms with Gasteiger partial charge in [0.15, 0.2) is 0 Å². The molecule has 0 radical (unpaired) electrons. The SMILES string of the molecule is CC(N)c1cccc(I)c1F. The Balaban J connectivity index is 3.17. The van der Waals surface area contributed by atoms with Gasteiger partial charge >= 0.3 is 0 Å². The van der Waals surface area contributed by atoms with Crippen molar-refractivity contribution in [2.45, 2.75) is 13.0 Å². The molecule has 0 aliphatic rings. The van der Waals surface area contributed by atoms with Gasteiger partial charge in [-0.05, 0) is 35.6 Å². The predicted molar refractivity (Wildman–Crippen MR) is 51.7 cm³/mol. The van der Waals surface area contributed by atoms with Crippen molar-refractivity contribution in [2.24, 2.45) is 5.73 Å². The van der Waals surface area contributed by atoms with E-state index in [-0.39, 0.29) is 11.9 Å². The summed E-state index contributed by atoms with van der Waals surface area (Å²) in [7, 11) is 0. The molecule has 0 spiro atoms. The van der Waals surface area contributed by atoms with E-state index in [1.807, 2.05) is 28.7 Å². The van der Waals surface area contributed by atoms with Crippen LogP contribution in [0.3, 0.4) is 0 Å². The number of benzene rings is 1. The molecule has 0 saturated carbocycles. The number of hydrogen-bond donors (Lipinski definition) is 1. The summed E-state index contributed by atoms with van der Waals surface area (Å²) in [6, 6.07) is 5.01. The fraction of sp³-hybridized carbons (Fsp3) is 0.250. The van der Waals surface area contributed by atoms with Crippen molar-refractivity contribution in [3.05, 3.63) is 33.1 Å². The third kappa shape index (κ3) is 1.90. The Morgan fingerprint density at radius 2 is 2.18 bits per heavy atom. The molecule has 2 N–H and O–H groups in total. The van der Waals surface area contributed by atoms with Gasteiger partial charge in [-0.15, -0.1) is 0 Å². The summed E-state index contributed by atoms with van der Waals surface area (Å²) in [5, 5.41) is 0. The van der Waals surface area contributed by atoms with E-state index >= 15 is 0 Å². The highest BCUT2D eigenvalue weighted by molar-refractivity contribution is 14.1. The fourth-order valence-corrected chi connectivity index (χ4v) is 1.39. The largest absolute Gasteiger partial charge is 0.324 e. The zero-order chi connectivity index (χ0) is 8.43. The number of hydrogen-bond acceptors (Lipinski definition) is 1. The van der Waals surface area contributed by atoms with Gasteiger partial charge in [0.25, 0.3) is 0 Å². The van der Waals surface area contributed by atoms with E-state index in [9.17, 15) is 4.39 Å². The van der Waals surface area contributed by atoms with Gasteiger partial charge in [0.2, 0.25) is 0 Å². The normalized spacial score (nSPS) is 13.1. The average Bonchev–Trinajstić information content (AvgIpc) is 1.94. The Bertz CT molecular complexity index is 260. The molecule has 60 valence electrons. The third-order valence-corrected chi connectivity index (χ3v) is 2.31. The summed E-state index contributed by atoms with van der Waals surface area (Å²) in [5.41, 5.74) is 6.12. The lowest BCUT2D eigenvalue weighted by Gasteiger charge is -2.06. The molecular weight excluding hydrogens is 256 g/mol. The van der Waals surface area contributed by atoms with Crippen LogP contribution >= 0.6 is 22.6 Å². The predicted octanol–water partition coefficient (Wildman–Crippen LogP) is 2.45. The van der Waals surface area contributed by atoms with Crippen LogP contribution in [0.5, 0.6) is 0 Å². The highest BCUT2D eigenvalue weighted by atomic mass is 127. The van der Waals surface area contributed by atoms with Gasteiger partial charge in [-0.1, -0.05) is 12.1 Å². The third-order valence-electron chi connectivity index (χ3n) is 1.47. The number of rotatable bonds is 1. The Kier molecular flexibility index (Phi) is 2.84. The van der Waals surface area contributed by atoms with Crippen LogP contribution < -0.4 is 5.73 Å². The van der Waals surface area contributed by atoms with Gasteiger partial charge in [-0.3, -0.25) is 0 Å². The van der Waals surface area contributed by atoms with Gasteiger partial charge in [-0.25, -0.2) is 4.39 Å². The Morgan fingerprint density at radius 1 is 1.55 bits per heavy atom. The number of nitrogens with two attached hydrogens (primary N) is 1. The van der Waals surface area contributed by atoms with Crippen LogP contribution in [0.25, 0.3) is 0 Å². The van der Waals surface area contributed by atoms with Crippen LogP contribution in [0, 0.1) is 9.39 Å². The monoisotopic (exact) mass is 265 g/mol. The fourth-order valence-electron chi connectivity index (χ4n) is 0.872. The van der Waals surface area contributed by atoms with E-state index in [0.29, 0.717) is 9.13 Å². The molecule has 1 unspecified atom stereocenters. The molecule has 1 atom stereocenters. The summed E-state index contributed by atoms with van der Waals surface area (Å²) < 4.78 is 13.8. The van der Waals surface area contributed by atoms with Gasteiger partial charge in [0, 0.05) is 15.2 Å². The maximum absolute atomic E-state index is 13.2. The minimum Gasteiger partial charge on any atom is -0.324 e. The Morgan fingerprint density at radius 3 is 2.64 bits per heavy atom. The molecule has 0 amide bonds. The molecule has 0 fully saturated rings. The smallest absolute Gasteiger partial charge is 0.141 e. The van der Waals surface area contributed by atoms with Crippen molar-refractivity contribution in [1.29, 1.82) is 0 Å². The van der Waals surface area contributed by atoms with E-state index in [1.165, 1.54) is 0 Å². The Hall–Kier alpha value is -0.160. The highest BCUT2D eigenvalue weighted by Gasteiger charge is 2.08. The van der Waals surface area contributed by atoms with E-state index in [0.717, 1.165) is 0 Å². The average molecular weight is 265 g/mol. The maximum Gasteiger partial charge on any atom is 0.141 e. The topological polar surface area (TPSA) is 26.0 Å². The van der Waals surface area contributed by atoms with Crippen LogP contribution in [-0.4, -0.2) is 0 Å². The first-order valence-corrected chi connectivity index (χ1v) is 4.40. The lowest BCUT2D eigenvalue weighted by Crippen LogP contribution is -2.07. The van der Waals surface area contributed by atoms with Crippen LogP contribution in [0.15, 0.2) is 18.2 Å². The maximum atomic E-state index is 13.2. The van der Waals surface area contributed by atoms with Crippen molar-refractivity contribution in [3.63, 3.8) is 0 Å². The summed E-state index contributed by atoms with van der Waals surface area (Å²) >= 11 is 1.95. The second-order valence-electron chi connectivity index (χ2n) is 2.43. The molecule has 1 aromatic carbocycles. The van der Waals surface area contributed by atoms with Crippen molar-refractivity contribution >= 4 is 22.6 Å². The van der Waals surface area contributed by atoms with Crippen molar-refractivity contribution in [2.75, 3.05) is 0 Å². The van der Waals surface area contributed by atoms with Crippen molar-refractivity contribution < 1.29 is 4.39 Å². The second kappa shape index (κ2) is 3.49. The molecule has 1 nitrogen and oxygen atoms in total. The zero-order valence-corrected chi connectivity index (χ0v) is 8.30. The summed E-state index contributed by atoms with van der Waals surface area (Å²) in [5.74, 6) is -0.192. The minimum atomic E-state index is -0.232. The molecule has 1 rings (SSSR count). The lowest BCUT2D eigenvalue weighted by atomic mass is 10.1. The summed E-state index contributed by atoms with van der Waals surface area (Å²) in [4.78, 5) is 0. The molecular formula is C8H9FIN. The second-order valence-corrected chi connectivity index (χ2v) is 3.59. The molecule has 0 aliphatic carbocycles. The first kappa shape index (κ1) is 8.93. The first-order valence-electron chi connectivity index (χ1n) is 3.32. The summed E-state index contributed by atoms with van der Waals surface area (Å²) in [6.07, 6.45) is 0. The van der Waals surface area contributed by atoms with E-state index in [1.54, 1.807) is 19.1 Å². The standard InChI is InChI=1S/C8H9FIN/c1-5(11)6-3-2-4-7(10)8(6)9/h2-5H,11H2,1H3. The number of halogens is 2. The van der Waals surface area contributed by atoms with E-state index in [4.69, 9.17) is 5.73 Å². The van der Waals surface area contributed by atoms with Gasteiger partial charge in [0.05, 0.1) is 0 Å². The van der Waals surface area contributed by atoms with Crippen molar-refractivity contribution in [3.8, 4) is 0 Å². The summed E-state index contributed by atoms with van der Waals surface area (Å²) in [6.45, 7) is 1.77. The van der Waals surface area contributed by atoms with E-state index in [2.05, 4.69) is 0 Å². The van der Waals surface area contributed by atoms with Crippen molar-refractivity contribution in [1.82, 2.24) is 0 Å². The Labute approximate surface area is 78.9 Å². The molecule has 0 aliphatic heterocycles. The lowest BCUT2D eigenvalue weighted by molar-refractivity contribution is 0.587. The van der Waals surface area contributed by atoms with Gasteiger partial charge in [0.1, 0.15) is 5.82 Å². The molecule has 0 heterocycles. The van der Waals surface area contributed by atoms with Gasteiger partial charge in [-0.2, -0.15) is 0 Å². The van der Waals surface area contributed by atoms with E-state index < -0.39 is 0 Å². The first-order chi connectivity index (χ1) is 5.13. The molecule has 1 aromatic rings. The quantitative estimate of drug-likeness (QED) is 0.775. The molecule has 0 aromatic heterocycles. The van der Waals surface area contributed by atoms with Crippen LogP contribution in [-0.2, 0) is 0 Å². The molecule has 0 saturated heterocycles. The van der Waals surface area contributed by atoms with Crippen LogP contribution in [0.4, 0.5) is 4.39 Å². The molecule has 11 heavy (non-hydrogen) atoms. The molecule has 0 bridgehead atoms. The zero-order valence-electron chi connectivity index (χ0n) is 6.14. The minimum absolute atomic E-state index is 0.192. The van der Waals surface area contributed by atoms with Gasteiger partial charge < -0.3 is 5.73 Å². The molecule has 3 heteroatoms.